The molecule has 0 aliphatic carbocycles. The minimum absolute atomic E-state index is 0.427. The van der Waals surface area contributed by atoms with Gasteiger partial charge in [0.15, 0.2) is 11.6 Å². The van der Waals surface area contributed by atoms with Crippen molar-refractivity contribution in [3.63, 3.8) is 0 Å². The molecule has 0 aliphatic rings. The summed E-state index contributed by atoms with van der Waals surface area (Å²) in [5.74, 6) is 6.59. The van der Waals surface area contributed by atoms with Gasteiger partial charge in [0.1, 0.15) is 5.69 Å². The molecular formula is C18H13N7. The number of para-hydroxylation sites is 2. The molecule has 2 aromatic heterocycles. The molecule has 0 saturated carbocycles. The lowest BCUT2D eigenvalue weighted by Crippen LogP contribution is -2.11. The van der Waals surface area contributed by atoms with Gasteiger partial charge in [-0.05, 0) is 24.3 Å². The summed E-state index contributed by atoms with van der Waals surface area (Å²) in [4.78, 5) is 16.8. The van der Waals surface area contributed by atoms with Crippen molar-refractivity contribution in [2.45, 2.75) is 0 Å². The van der Waals surface area contributed by atoms with E-state index in [0.29, 0.717) is 28.6 Å². The number of imidazole rings is 1. The first-order valence-corrected chi connectivity index (χ1v) is 7.58. The Morgan fingerprint density at radius 3 is 2.56 bits per heavy atom. The number of H-pyrrole nitrogens is 1. The van der Waals surface area contributed by atoms with Gasteiger partial charge in [0.25, 0.3) is 0 Å². The van der Waals surface area contributed by atoms with Crippen LogP contribution in [0.5, 0.6) is 0 Å². The van der Waals surface area contributed by atoms with E-state index < -0.39 is 0 Å². The Balaban J connectivity index is 1.84. The zero-order chi connectivity index (χ0) is 17.2. The first-order valence-electron chi connectivity index (χ1n) is 7.58. The summed E-state index contributed by atoms with van der Waals surface area (Å²) in [6, 6.07) is 17.0. The lowest BCUT2D eigenvalue weighted by Gasteiger charge is -2.07. The summed E-state index contributed by atoms with van der Waals surface area (Å²) in [7, 11) is 0. The van der Waals surface area contributed by atoms with Crippen LogP contribution in [0.25, 0.3) is 33.8 Å². The number of hydrazine groups is 1. The summed E-state index contributed by atoms with van der Waals surface area (Å²) in [5, 5.41) is 8.92. The molecule has 0 spiro atoms. The van der Waals surface area contributed by atoms with Gasteiger partial charge in [-0.15, -0.1) is 0 Å². The first kappa shape index (κ1) is 14.8. The number of nitrogens with zero attached hydrogens (tertiary/aromatic N) is 4. The van der Waals surface area contributed by atoms with E-state index in [9.17, 15) is 0 Å². The van der Waals surface area contributed by atoms with E-state index in [1.165, 1.54) is 0 Å². The molecule has 2 aromatic carbocycles. The van der Waals surface area contributed by atoms with Crippen LogP contribution in [0.3, 0.4) is 0 Å². The average molecular weight is 327 g/mol. The largest absolute Gasteiger partial charge is 0.337 e. The second kappa shape index (κ2) is 6.03. The lowest BCUT2D eigenvalue weighted by atomic mass is 10.1. The number of nitrogen functional groups attached to an aromatic ring is 1. The number of aromatic nitrogens is 4. The maximum atomic E-state index is 8.92. The van der Waals surface area contributed by atoms with Crippen molar-refractivity contribution >= 4 is 16.9 Å². The van der Waals surface area contributed by atoms with Gasteiger partial charge in [-0.2, -0.15) is 5.26 Å². The Kier molecular flexibility index (Phi) is 3.57. The monoisotopic (exact) mass is 327 g/mol. The molecule has 4 rings (SSSR count). The first-order chi connectivity index (χ1) is 12.3. The predicted molar refractivity (Wildman–Crippen MR) is 95.1 cm³/mol. The molecule has 120 valence electrons. The fourth-order valence-electron chi connectivity index (χ4n) is 2.58. The lowest BCUT2D eigenvalue weighted by molar-refractivity contribution is 1.14. The molecule has 0 saturated heterocycles. The maximum Gasteiger partial charge on any atom is 0.170 e. The van der Waals surface area contributed by atoms with Gasteiger partial charge in [-0.1, -0.05) is 24.3 Å². The smallest absolute Gasteiger partial charge is 0.170 e. The number of anilines is 1. The molecule has 0 unspecified atom stereocenters. The molecule has 7 nitrogen and oxygen atoms in total. The Morgan fingerprint density at radius 1 is 1.04 bits per heavy atom. The molecule has 0 atom stereocenters. The Hall–Kier alpha value is -3.76. The van der Waals surface area contributed by atoms with Gasteiger partial charge < -0.3 is 10.4 Å². The van der Waals surface area contributed by atoms with Crippen LogP contribution in [0.1, 0.15) is 5.56 Å². The third kappa shape index (κ3) is 2.67. The molecule has 7 heteroatoms. The van der Waals surface area contributed by atoms with Gasteiger partial charge >= 0.3 is 0 Å². The van der Waals surface area contributed by atoms with Crippen LogP contribution >= 0.6 is 0 Å². The number of nitriles is 1. The quantitative estimate of drug-likeness (QED) is 0.393. The zero-order valence-corrected chi connectivity index (χ0v) is 13.1. The Bertz CT molecular complexity index is 1060. The van der Waals surface area contributed by atoms with Crippen LogP contribution < -0.4 is 11.3 Å². The van der Waals surface area contributed by atoms with Crippen molar-refractivity contribution < 1.29 is 0 Å². The summed E-state index contributed by atoms with van der Waals surface area (Å²) in [5.41, 5.74) is 6.95. The third-order valence-electron chi connectivity index (χ3n) is 3.83. The van der Waals surface area contributed by atoms with Gasteiger partial charge in [0.05, 0.1) is 34.6 Å². The fraction of sp³-hybridized carbons (Fsp3) is 0. The van der Waals surface area contributed by atoms with E-state index in [2.05, 4.69) is 31.4 Å². The van der Waals surface area contributed by atoms with Crippen molar-refractivity contribution in [3.05, 3.63) is 60.3 Å². The van der Waals surface area contributed by atoms with Gasteiger partial charge in [-0.3, -0.25) is 0 Å². The number of nitrogens with one attached hydrogen (secondary N) is 2. The number of hydrogen-bond acceptors (Lipinski definition) is 6. The van der Waals surface area contributed by atoms with Crippen LogP contribution in [-0.4, -0.2) is 19.9 Å². The molecule has 0 radical (unpaired) electrons. The highest BCUT2D eigenvalue weighted by Crippen LogP contribution is 2.27. The number of rotatable bonds is 3. The van der Waals surface area contributed by atoms with Crippen LogP contribution in [0.2, 0.25) is 0 Å². The van der Waals surface area contributed by atoms with Crippen molar-refractivity contribution in [1.29, 1.82) is 5.26 Å². The number of benzene rings is 2. The number of aromatic amines is 1. The van der Waals surface area contributed by atoms with Gasteiger partial charge in [0.2, 0.25) is 0 Å². The average Bonchev–Trinajstić information content (AvgIpc) is 3.11. The number of fused-ring (bicyclic) bond motifs is 1. The number of nitrogens with two attached hydrogens (primary N) is 1. The van der Waals surface area contributed by atoms with Crippen LogP contribution in [0.15, 0.2) is 54.7 Å². The highest BCUT2D eigenvalue weighted by atomic mass is 15.3. The Morgan fingerprint density at radius 2 is 1.84 bits per heavy atom. The van der Waals surface area contributed by atoms with Crippen LogP contribution in [0.4, 0.5) is 5.82 Å². The van der Waals surface area contributed by atoms with Crippen molar-refractivity contribution in [2.24, 2.45) is 5.84 Å². The third-order valence-corrected chi connectivity index (χ3v) is 3.83. The highest BCUT2D eigenvalue weighted by Gasteiger charge is 2.14. The van der Waals surface area contributed by atoms with Crippen molar-refractivity contribution in [2.75, 3.05) is 5.43 Å². The summed E-state index contributed by atoms with van der Waals surface area (Å²) in [6.45, 7) is 0. The zero-order valence-electron chi connectivity index (χ0n) is 13.1. The van der Waals surface area contributed by atoms with E-state index in [1.807, 2.05) is 36.4 Å². The molecular weight excluding hydrogens is 314 g/mol. The minimum atomic E-state index is 0.427. The standard InChI is InChI=1S/C18H13N7/c19-9-11-5-7-12(8-6-11)15-10-21-17(25-20)16(22-15)18-23-13-3-1-2-4-14(13)24-18/h1-8,10H,20H2,(H,21,25)(H,23,24). The highest BCUT2D eigenvalue weighted by molar-refractivity contribution is 5.81. The Labute approximate surface area is 143 Å². The topological polar surface area (TPSA) is 116 Å². The molecule has 25 heavy (non-hydrogen) atoms. The van der Waals surface area contributed by atoms with Crippen molar-refractivity contribution in [3.8, 4) is 28.8 Å². The SMILES string of the molecule is N#Cc1ccc(-c2cnc(NN)c(-c3nc4ccccc4[nH]3)n2)cc1. The summed E-state index contributed by atoms with van der Waals surface area (Å²) < 4.78 is 0. The van der Waals surface area contributed by atoms with E-state index >= 15 is 0 Å². The minimum Gasteiger partial charge on any atom is -0.337 e. The van der Waals surface area contributed by atoms with E-state index in [4.69, 9.17) is 11.1 Å². The maximum absolute atomic E-state index is 8.92. The molecule has 2 heterocycles. The molecule has 0 bridgehead atoms. The molecule has 0 aliphatic heterocycles. The summed E-state index contributed by atoms with van der Waals surface area (Å²) in [6.07, 6.45) is 1.63. The second-order valence-corrected chi connectivity index (χ2v) is 5.39. The van der Waals surface area contributed by atoms with Crippen LogP contribution in [-0.2, 0) is 0 Å². The fourth-order valence-corrected chi connectivity index (χ4v) is 2.58. The molecule has 0 fully saturated rings. The van der Waals surface area contributed by atoms with E-state index in [0.717, 1.165) is 16.6 Å². The molecule has 0 amide bonds. The second-order valence-electron chi connectivity index (χ2n) is 5.39. The van der Waals surface area contributed by atoms with Gasteiger partial charge in [-0.25, -0.2) is 20.8 Å². The van der Waals surface area contributed by atoms with E-state index in [-0.39, 0.29) is 0 Å². The molecule has 4 aromatic rings. The molecule has 4 N–H and O–H groups in total. The van der Waals surface area contributed by atoms with Crippen molar-refractivity contribution in [1.82, 2.24) is 19.9 Å². The normalized spacial score (nSPS) is 10.6. The number of hydrogen-bond donors (Lipinski definition) is 3. The van der Waals surface area contributed by atoms with E-state index in [1.54, 1.807) is 18.3 Å². The van der Waals surface area contributed by atoms with Gasteiger partial charge in [0, 0.05) is 5.56 Å². The summed E-state index contributed by atoms with van der Waals surface area (Å²) >= 11 is 0. The predicted octanol–water partition coefficient (Wildman–Crippen LogP) is 2.84. The van der Waals surface area contributed by atoms with Crippen LogP contribution in [0, 0.1) is 11.3 Å².